The zero-order chi connectivity index (χ0) is 40.7. The van der Waals surface area contributed by atoms with E-state index in [4.69, 9.17) is 0 Å². The standard InChI is InChI=1S/2C27H25.C4H10Si.2ClH.Zr/c2*1-2-8-23-21(5-1)6-3-9-24(23)25-10-4-7-22-15-20(16-26(22)25)18-27-13-11-19(17-27)12-14-27;1-3-4-5-2;;;/h2*1-10,15-16,19H,11-14,17-18H2;3-4H2,1-2H3;2*1H;/q2*-1;;;;+2/p-2. The van der Waals surface area contributed by atoms with Crippen LogP contribution >= 0.6 is 0 Å². The Morgan fingerprint density at radius 3 is 1.24 bits per heavy atom. The van der Waals surface area contributed by atoms with E-state index in [1.807, 2.05) is 0 Å². The summed E-state index contributed by atoms with van der Waals surface area (Å²) in [5.41, 5.74) is 10.0. The molecule has 0 nitrogen and oxygen atoms in total. The van der Waals surface area contributed by atoms with E-state index in [1.54, 1.807) is 34.5 Å². The molecule has 4 fully saturated rings. The van der Waals surface area contributed by atoms with Gasteiger partial charge in [-0.2, -0.15) is 12.1 Å². The topological polar surface area (TPSA) is 0 Å². The van der Waals surface area contributed by atoms with Gasteiger partial charge in [-0.15, -0.1) is 69.1 Å². The van der Waals surface area contributed by atoms with Gasteiger partial charge in [0.15, 0.2) is 0 Å². The summed E-state index contributed by atoms with van der Waals surface area (Å²) in [6, 6.07) is 55.9. The molecule has 0 aromatic heterocycles. The van der Waals surface area contributed by atoms with Crippen LogP contribution in [0.3, 0.4) is 0 Å². The van der Waals surface area contributed by atoms with Crippen molar-refractivity contribution in [3.05, 3.63) is 157 Å². The summed E-state index contributed by atoms with van der Waals surface area (Å²) in [5, 5.41) is 11.0. The minimum absolute atomic E-state index is 0. The zero-order valence-electron chi connectivity index (χ0n) is 36.7. The number of benzene rings is 6. The quantitative estimate of drug-likeness (QED) is 0.105. The molecule has 8 aromatic rings. The third-order valence-electron chi connectivity index (χ3n) is 15.3. The first kappa shape index (κ1) is 45.3. The van der Waals surface area contributed by atoms with Crippen molar-refractivity contribution in [2.75, 3.05) is 0 Å². The van der Waals surface area contributed by atoms with E-state index in [9.17, 15) is 0 Å². The molecule has 0 aliphatic heterocycles. The van der Waals surface area contributed by atoms with Crippen LogP contribution in [0.2, 0.25) is 12.6 Å². The molecule has 62 heavy (non-hydrogen) atoms. The van der Waals surface area contributed by atoms with Gasteiger partial charge in [0.05, 0.1) is 0 Å². The van der Waals surface area contributed by atoms with Crippen molar-refractivity contribution in [3.63, 3.8) is 0 Å². The molecule has 8 aromatic carbocycles. The first-order chi connectivity index (χ1) is 29.4. The Hall–Kier alpha value is -3.26. The van der Waals surface area contributed by atoms with Crippen LogP contribution in [-0.2, 0) is 36.2 Å². The molecule has 0 saturated heterocycles. The summed E-state index contributed by atoms with van der Waals surface area (Å²) in [5.74, 6) is 2.06. The number of hydrogen-bond donors (Lipinski definition) is 0. The van der Waals surface area contributed by atoms with Gasteiger partial charge in [-0.05, 0) is 132 Å². The summed E-state index contributed by atoms with van der Waals surface area (Å²) < 4.78 is 0. The average Bonchev–Trinajstić information content (AvgIpc) is 4.15. The third-order valence-corrected chi connectivity index (χ3v) is 18.4. The molecule has 316 valence electrons. The van der Waals surface area contributed by atoms with Gasteiger partial charge >= 0.3 is 54.7 Å². The Kier molecular flexibility index (Phi) is 14.2. The van der Waals surface area contributed by atoms with Crippen LogP contribution in [0.4, 0.5) is 0 Å². The minimum Gasteiger partial charge on any atom is -1.00 e. The van der Waals surface area contributed by atoms with Crippen molar-refractivity contribution in [3.8, 4) is 22.3 Å². The fourth-order valence-electron chi connectivity index (χ4n) is 12.5. The van der Waals surface area contributed by atoms with Crippen molar-refractivity contribution in [2.24, 2.45) is 22.7 Å². The van der Waals surface area contributed by atoms with Gasteiger partial charge in [-0.3, -0.25) is 0 Å². The Bertz CT molecular complexity index is 2610. The van der Waals surface area contributed by atoms with Gasteiger partial charge in [0.1, 0.15) is 0 Å². The second kappa shape index (κ2) is 19.5. The molecule has 4 aliphatic rings. The SMILES string of the molecule is CCC[Si](C)=[Zr+2].[Cl-].[Cl-].c1ccc2c(-c3cccc4[cH-]c(CC56CCC(CC5)C6)cc34)cccc2c1.c1ccc2c(-c3cccc4[cH-]c(CC56CCC(CC5)C6)cc34)cccc2c1. The Morgan fingerprint density at radius 1 is 0.516 bits per heavy atom. The van der Waals surface area contributed by atoms with Crippen LogP contribution in [0.5, 0.6) is 0 Å². The first-order valence-corrected chi connectivity index (χ1v) is 29.1. The van der Waals surface area contributed by atoms with E-state index in [0.29, 0.717) is 10.8 Å². The second-order valence-corrected chi connectivity index (χ2v) is 27.9. The zero-order valence-corrected chi connectivity index (χ0v) is 41.6. The van der Waals surface area contributed by atoms with Gasteiger partial charge in [-0.1, -0.05) is 108 Å². The summed E-state index contributed by atoms with van der Waals surface area (Å²) in [6.45, 7) is 4.66. The number of rotatable bonds is 8. The molecule has 12 rings (SSSR count). The molecule has 0 unspecified atom stereocenters. The largest absolute Gasteiger partial charge is 1.00 e. The van der Waals surface area contributed by atoms with Gasteiger partial charge in [-0.25, -0.2) is 0 Å². The van der Waals surface area contributed by atoms with Crippen LogP contribution in [-0.4, -0.2) is 5.43 Å². The molecule has 4 heteroatoms. The Balaban J connectivity index is 0.000000147. The Morgan fingerprint density at radius 2 is 0.887 bits per heavy atom. The monoisotopic (exact) mass is 944 g/mol. The van der Waals surface area contributed by atoms with Crippen LogP contribution in [0.25, 0.3) is 65.3 Å². The van der Waals surface area contributed by atoms with E-state index in [2.05, 4.69) is 159 Å². The average molecular weight is 947 g/mol. The molecule has 4 aliphatic carbocycles. The maximum Gasteiger partial charge on any atom is -0.0114 e. The van der Waals surface area contributed by atoms with Gasteiger partial charge in [0.2, 0.25) is 0 Å². The molecule has 0 amide bonds. The first-order valence-electron chi connectivity index (χ1n) is 23.2. The van der Waals surface area contributed by atoms with E-state index >= 15 is 0 Å². The van der Waals surface area contributed by atoms with E-state index < -0.39 is 0 Å². The van der Waals surface area contributed by atoms with Crippen molar-refractivity contribution >= 4 is 48.5 Å². The predicted octanol–water partition coefficient (Wildman–Crippen LogP) is 10.6. The predicted molar refractivity (Wildman–Crippen MR) is 257 cm³/mol. The molecular weight excluding hydrogens is 887 g/mol. The third kappa shape index (κ3) is 9.29. The molecule has 0 N–H and O–H groups in total. The van der Waals surface area contributed by atoms with E-state index in [0.717, 1.165) is 11.8 Å². The number of fused-ring (bicyclic) bond motifs is 8. The van der Waals surface area contributed by atoms with Crippen LogP contribution < -0.4 is 24.8 Å². The maximum atomic E-state index is 2.49. The fraction of sp³-hybridized carbons (Fsp3) is 0.345. The smallest absolute Gasteiger partial charge is 0.0114 e. The molecule has 4 saturated carbocycles. The number of hydrogen-bond acceptors (Lipinski definition) is 0. The Labute approximate surface area is 398 Å². The minimum atomic E-state index is 0. The summed E-state index contributed by atoms with van der Waals surface area (Å²) >= 11 is 1.79. The molecular formula is C58H60Cl2SiZr-2. The van der Waals surface area contributed by atoms with Crippen LogP contribution in [0.1, 0.15) is 88.7 Å². The summed E-state index contributed by atoms with van der Waals surface area (Å²) in [7, 11) is 0. The second-order valence-electron chi connectivity index (χ2n) is 19.6. The maximum absolute atomic E-state index is 2.49. The molecule has 0 spiro atoms. The van der Waals surface area contributed by atoms with Crippen molar-refractivity contribution < 1.29 is 48.1 Å². The fourth-order valence-corrected chi connectivity index (χ4v) is 15.1. The van der Waals surface area contributed by atoms with Gasteiger partial charge in [0, 0.05) is 0 Å². The normalized spacial score (nSPS) is 21.9. The summed E-state index contributed by atoms with van der Waals surface area (Å²) in [6.07, 6.45) is 18.6. The van der Waals surface area contributed by atoms with Gasteiger partial charge in [0.25, 0.3) is 0 Å². The molecule has 4 bridgehead atoms. The van der Waals surface area contributed by atoms with Crippen molar-refractivity contribution in [1.29, 1.82) is 0 Å². The summed E-state index contributed by atoms with van der Waals surface area (Å²) in [4.78, 5) is 0. The van der Waals surface area contributed by atoms with Crippen molar-refractivity contribution in [2.45, 2.75) is 103 Å². The molecule has 0 heterocycles. The van der Waals surface area contributed by atoms with Crippen molar-refractivity contribution in [1.82, 2.24) is 0 Å². The van der Waals surface area contributed by atoms with E-state index in [-0.39, 0.29) is 30.2 Å². The van der Waals surface area contributed by atoms with Crippen LogP contribution in [0, 0.1) is 22.7 Å². The molecule has 0 radical (unpaired) electrons. The number of halogens is 2. The molecule has 0 atom stereocenters. The van der Waals surface area contributed by atoms with E-state index in [1.165, 1.54) is 155 Å². The van der Waals surface area contributed by atoms with Crippen LogP contribution in [0.15, 0.2) is 146 Å². The van der Waals surface area contributed by atoms with Gasteiger partial charge < -0.3 is 24.8 Å².